The summed E-state index contributed by atoms with van der Waals surface area (Å²) in [4.78, 5) is 14.2. The Bertz CT molecular complexity index is 896. The summed E-state index contributed by atoms with van der Waals surface area (Å²) in [6.45, 7) is 6.38. The molecule has 5 heteroatoms. The fourth-order valence-electron chi connectivity index (χ4n) is 3.33. The SMILES string of the molecule is Cn1c(C=C[C@@H]2CCCN2C(=O)OC(C)(C)C)cc2ccc(C#N)cc21. The lowest BCUT2D eigenvalue weighted by molar-refractivity contribution is 0.0256. The molecule has 3 rings (SSSR count). The van der Waals surface area contributed by atoms with E-state index in [1.165, 1.54) is 0 Å². The Kier molecular flexibility index (Phi) is 4.78. The van der Waals surface area contributed by atoms with E-state index >= 15 is 0 Å². The van der Waals surface area contributed by atoms with E-state index in [4.69, 9.17) is 10.00 Å². The number of aryl methyl sites for hydroxylation is 1. The van der Waals surface area contributed by atoms with Crippen molar-refractivity contribution in [3.63, 3.8) is 0 Å². The Morgan fingerprint density at radius 2 is 2.12 bits per heavy atom. The number of aromatic nitrogens is 1. The van der Waals surface area contributed by atoms with Crippen LogP contribution in [0.2, 0.25) is 0 Å². The summed E-state index contributed by atoms with van der Waals surface area (Å²) >= 11 is 0. The zero-order valence-corrected chi connectivity index (χ0v) is 15.8. The molecule has 0 aliphatic carbocycles. The summed E-state index contributed by atoms with van der Waals surface area (Å²) in [7, 11) is 1.99. The minimum Gasteiger partial charge on any atom is -0.444 e. The summed E-state index contributed by atoms with van der Waals surface area (Å²) in [5.74, 6) is 0. The summed E-state index contributed by atoms with van der Waals surface area (Å²) < 4.78 is 7.59. The number of carbonyl (C=O) groups is 1. The number of carbonyl (C=O) groups excluding carboxylic acids is 1. The number of hydrogen-bond donors (Lipinski definition) is 0. The zero-order valence-electron chi connectivity index (χ0n) is 15.8. The Morgan fingerprint density at radius 3 is 2.81 bits per heavy atom. The van der Waals surface area contributed by atoms with E-state index in [1.54, 1.807) is 4.90 Å². The molecule has 0 radical (unpaired) electrons. The molecule has 26 heavy (non-hydrogen) atoms. The molecule has 0 spiro atoms. The molecule has 5 nitrogen and oxygen atoms in total. The van der Waals surface area contributed by atoms with E-state index in [0.29, 0.717) is 5.56 Å². The lowest BCUT2D eigenvalue weighted by Crippen LogP contribution is -2.39. The average molecular weight is 351 g/mol. The normalized spacial score (nSPS) is 17.8. The lowest BCUT2D eigenvalue weighted by atomic mass is 10.1. The molecule has 136 valence electrons. The number of amides is 1. The lowest BCUT2D eigenvalue weighted by Gasteiger charge is -2.27. The molecule has 1 aliphatic rings. The number of ether oxygens (including phenoxy) is 1. The average Bonchev–Trinajstić information content (AvgIpc) is 3.16. The van der Waals surface area contributed by atoms with Crippen molar-refractivity contribution in [1.82, 2.24) is 9.47 Å². The van der Waals surface area contributed by atoms with Crippen molar-refractivity contribution in [3.8, 4) is 6.07 Å². The van der Waals surface area contributed by atoms with Crippen LogP contribution in [0.1, 0.15) is 44.9 Å². The second-order valence-electron chi connectivity index (χ2n) is 7.76. The summed E-state index contributed by atoms with van der Waals surface area (Å²) in [5.41, 5.74) is 2.24. The van der Waals surface area contributed by atoms with E-state index in [1.807, 2.05) is 46.0 Å². The third-order valence-electron chi connectivity index (χ3n) is 4.63. The third kappa shape index (κ3) is 3.75. The molecule has 1 aromatic heterocycles. The summed E-state index contributed by atoms with van der Waals surface area (Å²) in [6, 6.07) is 10.0. The third-order valence-corrected chi connectivity index (χ3v) is 4.63. The minimum atomic E-state index is -0.484. The molecule has 0 saturated carbocycles. The maximum Gasteiger partial charge on any atom is 0.410 e. The van der Waals surface area contributed by atoms with Gasteiger partial charge in [0.2, 0.25) is 0 Å². The van der Waals surface area contributed by atoms with Gasteiger partial charge < -0.3 is 14.2 Å². The smallest absolute Gasteiger partial charge is 0.410 e. The van der Waals surface area contributed by atoms with Gasteiger partial charge in [-0.2, -0.15) is 5.26 Å². The van der Waals surface area contributed by atoms with Crippen LogP contribution < -0.4 is 0 Å². The van der Waals surface area contributed by atoms with Gasteiger partial charge in [-0.25, -0.2) is 4.79 Å². The summed E-state index contributed by atoms with van der Waals surface area (Å²) in [5, 5.41) is 10.2. The van der Waals surface area contributed by atoms with Crippen LogP contribution in [0, 0.1) is 11.3 Å². The Balaban J connectivity index is 1.81. The Labute approximate surface area is 154 Å². The molecule has 1 fully saturated rings. The van der Waals surface area contributed by atoms with Gasteiger partial charge in [-0.15, -0.1) is 0 Å². The van der Waals surface area contributed by atoms with Crippen LogP contribution in [0.15, 0.2) is 30.3 Å². The van der Waals surface area contributed by atoms with Crippen molar-refractivity contribution in [1.29, 1.82) is 5.26 Å². The van der Waals surface area contributed by atoms with Crippen LogP contribution in [-0.4, -0.2) is 33.7 Å². The van der Waals surface area contributed by atoms with Gasteiger partial charge in [-0.3, -0.25) is 0 Å². The largest absolute Gasteiger partial charge is 0.444 e. The molecule has 1 aliphatic heterocycles. The predicted octanol–water partition coefficient (Wildman–Crippen LogP) is 4.46. The van der Waals surface area contributed by atoms with Gasteiger partial charge in [0.15, 0.2) is 0 Å². The van der Waals surface area contributed by atoms with Crippen LogP contribution in [0.25, 0.3) is 17.0 Å². The maximum absolute atomic E-state index is 12.4. The quantitative estimate of drug-likeness (QED) is 0.802. The molecular weight excluding hydrogens is 326 g/mol. The molecule has 1 amide bonds. The number of likely N-dealkylation sites (tertiary alicyclic amines) is 1. The van der Waals surface area contributed by atoms with Gasteiger partial charge in [0.1, 0.15) is 5.60 Å². The number of nitrogens with zero attached hydrogens (tertiary/aromatic N) is 3. The monoisotopic (exact) mass is 351 g/mol. The predicted molar refractivity (Wildman–Crippen MR) is 103 cm³/mol. The standard InChI is InChI=1S/C21H25N3O2/c1-21(2,3)26-20(25)24-11-5-6-17(24)9-10-18-13-16-8-7-15(14-22)12-19(16)23(18)4/h7-10,12-13,17H,5-6,11H2,1-4H3/t17-/m0/s1. The first-order valence-corrected chi connectivity index (χ1v) is 8.96. The fourth-order valence-corrected chi connectivity index (χ4v) is 3.33. The van der Waals surface area contributed by atoms with Crippen molar-refractivity contribution in [3.05, 3.63) is 41.6 Å². The Hall–Kier alpha value is -2.74. The van der Waals surface area contributed by atoms with Crippen LogP contribution in [0.3, 0.4) is 0 Å². The van der Waals surface area contributed by atoms with Gasteiger partial charge >= 0.3 is 6.09 Å². The first kappa shape index (κ1) is 18.1. The van der Waals surface area contributed by atoms with E-state index in [0.717, 1.165) is 36.0 Å². The molecule has 1 aromatic carbocycles. The van der Waals surface area contributed by atoms with Crippen LogP contribution in [0.5, 0.6) is 0 Å². The number of hydrogen-bond acceptors (Lipinski definition) is 3. The minimum absolute atomic E-state index is 0.0533. The van der Waals surface area contributed by atoms with Crippen molar-refractivity contribution in [2.45, 2.75) is 45.3 Å². The number of fused-ring (bicyclic) bond motifs is 1. The second-order valence-corrected chi connectivity index (χ2v) is 7.76. The van der Waals surface area contributed by atoms with E-state index < -0.39 is 5.60 Å². The highest BCUT2D eigenvalue weighted by atomic mass is 16.6. The molecule has 0 unspecified atom stereocenters. The topological polar surface area (TPSA) is 58.3 Å². The molecule has 1 saturated heterocycles. The Morgan fingerprint density at radius 1 is 1.35 bits per heavy atom. The highest BCUT2D eigenvalue weighted by Crippen LogP contribution is 2.24. The molecule has 2 heterocycles. The number of benzene rings is 1. The first-order chi connectivity index (χ1) is 12.3. The fraction of sp³-hybridized carbons (Fsp3) is 0.429. The highest BCUT2D eigenvalue weighted by Gasteiger charge is 2.30. The number of nitriles is 1. The molecule has 2 aromatic rings. The molecule has 0 bridgehead atoms. The summed E-state index contributed by atoms with van der Waals surface area (Å²) in [6.07, 6.45) is 5.81. The van der Waals surface area contributed by atoms with E-state index in [2.05, 4.69) is 28.9 Å². The van der Waals surface area contributed by atoms with Gasteiger partial charge in [0, 0.05) is 30.2 Å². The van der Waals surface area contributed by atoms with E-state index in [9.17, 15) is 4.79 Å². The van der Waals surface area contributed by atoms with Crippen LogP contribution >= 0.6 is 0 Å². The van der Waals surface area contributed by atoms with Crippen molar-refractivity contribution < 1.29 is 9.53 Å². The number of rotatable bonds is 2. The van der Waals surface area contributed by atoms with E-state index in [-0.39, 0.29) is 12.1 Å². The second kappa shape index (κ2) is 6.87. The van der Waals surface area contributed by atoms with Crippen LogP contribution in [0.4, 0.5) is 4.79 Å². The first-order valence-electron chi connectivity index (χ1n) is 8.96. The van der Waals surface area contributed by atoms with Crippen molar-refractivity contribution in [2.24, 2.45) is 7.05 Å². The van der Waals surface area contributed by atoms with Gasteiger partial charge in [0.05, 0.1) is 17.7 Å². The van der Waals surface area contributed by atoms with Crippen molar-refractivity contribution in [2.75, 3.05) is 6.54 Å². The van der Waals surface area contributed by atoms with Gasteiger partial charge in [-0.1, -0.05) is 12.1 Å². The van der Waals surface area contributed by atoms with Gasteiger partial charge in [-0.05, 0) is 57.9 Å². The van der Waals surface area contributed by atoms with Gasteiger partial charge in [0.25, 0.3) is 0 Å². The molecule has 0 N–H and O–H groups in total. The zero-order chi connectivity index (χ0) is 18.9. The van der Waals surface area contributed by atoms with Crippen molar-refractivity contribution >= 4 is 23.1 Å². The van der Waals surface area contributed by atoms with Crippen LogP contribution in [-0.2, 0) is 11.8 Å². The molecular formula is C21H25N3O2. The maximum atomic E-state index is 12.4. The highest BCUT2D eigenvalue weighted by molar-refractivity contribution is 5.85. The molecule has 1 atom stereocenters.